The summed E-state index contributed by atoms with van der Waals surface area (Å²) in [4.78, 5) is 17.8. The summed E-state index contributed by atoms with van der Waals surface area (Å²) in [7, 11) is 0. The Morgan fingerprint density at radius 2 is 1.72 bits per heavy atom. The van der Waals surface area contributed by atoms with Gasteiger partial charge in [-0.25, -0.2) is 0 Å². The molecule has 180 valence electrons. The Kier molecular flexibility index (Phi) is 13.0. The van der Waals surface area contributed by atoms with Crippen LogP contribution in [0.2, 0.25) is 0 Å². The summed E-state index contributed by atoms with van der Waals surface area (Å²) >= 11 is 0. The first-order valence-electron chi connectivity index (χ1n) is 12.0. The molecule has 1 heterocycles. The first-order chi connectivity index (χ1) is 15.7. The van der Waals surface area contributed by atoms with E-state index in [1.807, 2.05) is 30.3 Å². The Labute approximate surface area is 191 Å². The van der Waals surface area contributed by atoms with Crippen molar-refractivity contribution < 1.29 is 29.3 Å². The summed E-state index contributed by atoms with van der Waals surface area (Å²) in [5.41, 5.74) is 1.25. The van der Waals surface area contributed by atoms with Crippen molar-refractivity contribution in [1.82, 2.24) is 0 Å². The van der Waals surface area contributed by atoms with Crippen molar-refractivity contribution in [2.24, 2.45) is 5.16 Å². The fourth-order valence-corrected chi connectivity index (χ4v) is 3.69. The van der Waals surface area contributed by atoms with Gasteiger partial charge in [0.15, 0.2) is 6.10 Å². The van der Waals surface area contributed by atoms with Crippen LogP contribution in [0.1, 0.15) is 76.7 Å². The highest BCUT2D eigenvalue weighted by Gasteiger charge is 2.40. The number of aliphatic hydroxyl groups is 2. The van der Waals surface area contributed by atoms with Gasteiger partial charge in [0.1, 0.15) is 24.5 Å². The maximum absolute atomic E-state index is 12.4. The highest BCUT2D eigenvalue weighted by molar-refractivity contribution is 5.92. The Balaban J connectivity index is 1.76. The van der Waals surface area contributed by atoms with Gasteiger partial charge in [0, 0.05) is 6.42 Å². The van der Waals surface area contributed by atoms with Crippen molar-refractivity contribution in [2.75, 3.05) is 13.2 Å². The number of hydrogen-bond acceptors (Lipinski definition) is 7. The normalized spacial score (nSPS) is 22.1. The lowest BCUT2D eigenvalue weighted by molar-refractivity contribution is -0.161. The van der Waals surface area contributed by atoms with Crippen LogP contribution in [0.4, 0.5) is 0 Å². The number of benzene rings is 1. The van der Waals surface area contributed by atoms with E-state index in [0.29, 0.717) is 12.1 Å². The van der Waals surface area contributed by atoms with E-state index < -0.39 is 18.3 Å². The van der Waals surface area contributed by atoms with E-state index >= 15 is 0 Å². The van der Waals surface area contributed by atoms with Crippen molar-refractivity contribution >= 4 is 11.7 Å². The summed E-state index contributed by atoms with van der Waals surface area (Å²) in [6.07, 6.45) is 7.77. The topological polar surface area (TPSA) is 97.6 Å². The molecule has 0 bridgehead atoms. The minimum atomic E-state index is -1.19. The largest absolute Gasteiger partial charge is 0.453 e. The van der Waals surface area contributed by atoms with Crippen molar-refractivity contribution in [3.8, 4) is 0 Å². The molecule has 0 amide bonds. The minimum Gasteiger partial charge on any atom is -0.453 e. The van der Waals surface area contributed by atoms with E-state index in [9.17, 15) is 15.0 Å². The second-order valence-electron chi connectivity index (χ2n) is 8.35. The molecule has 0 radical (unpaired) electrons. The van der Waals surface area contributed by atoms with Gasteiger partial charge in [0.25, 0.3) is 0 Å². The van der Waals surface area contributed by atoms with Gasteiger partial charge in [-0.05, 0) is 12.0 Å². The second-order valence-corrected chi connectivity index (χ2v) is 8.35. The Bertz CT molecular complexity index is 666. The molecular weight excluding hydrogens is 410 g/mol. The van der Waals surface area contributed by atoms with E-state index in [0.717, 1.165) is 24.8 Å². The number of esters is 1. The molecule has 1 saturated heterocycles. The Hall–Kier alpha value is -1.96. The summed E-state index contributed by atoms with van der Waals surface area (Å²) < 4.78 is 11.0. The van der Waals surface area contributed by atoms with Crippen LogP contribution < -0.4 is 0 Å². The van der Waals surface area contributed by atoms with Crippen LogP contribution in [0.3, 0.4) is 0 Å². The average Bonchev–Trinajstić information content (AvgIpc) is 2.81. The van der Waals surface area contributed by atoms with Crippen molar-refractivity contribution in [1.29, 1.82) is 0 Å². The van der Waals surface area contributed by atoms with E-state index in [2.05, 4.69) is 12.1 Å². The predicted octanol–water partition coefficient (Wildman–Crippen LogP) is 4.14. The van der Waals surface area contributed by atoms with Gasteiger partial charge in [-0.3, -0.25) is 4.79 Å². The molecule has 0 spiro atoms. The lowest BCUT2D eigenvalue weighted by Gasteiger charge is -2.34. The molecule has 0 aliphatic carbocycles. The maximum atomic E-state index is 12.4. The molecule has 0 unspecified atom stereocenters. The zero-order valence-electron chi connectivity index (χ0n) is 19.3. The Morgan fingerprint density at radius 3 is 2.38 bits per heavy atom. The third-order valence-corrected chi connectivity index (χ3v) is 5.64. The van der Waals surface area contributed by atoms with Gasteiger partial charge in [-0.2, -0.15) is 0 Å². The van der Waals surface area contributed by atoms with Gasteiger partial charge in [0.2, 0.25) is 0 Å². The number of carbonyl (C=O) groups is 1. The summed E-state index contributed by atoms with van der Waals surface area (Å²) in [6.45, 7) is 2.12. The molecule has 0 saturated carbocycles. The van der Waals surface area contributed by atoms with E-state index in [1.165, 1.54) is 38.5 Å². The van der Waals surface area contributed by atoms with Gasteiger partial charge < -0.3 is 24.5 Å². The van der Waals surface area contributed by atoms with Gasteiger partial charge >= 0.3 is 5.97 Å². The third kappa shape index (κ3) is 9.67. The fraction of sp³-hybridized carbons (Fsp3) is 0.680. The molecular formula is C25H39NO6. The molecule has 3 atom stereocenters. The van der Waals surface area contributed by atoms with Crippen LogP contribution in [0, 0.1) is 0 Å². The van der Waals surface area contributed by atoms with E-state index in [4.69, 9.17) is 14.3 Å². The molecule has 0 aromatic heterocycles. The molecule has 2 N–H and O–H groups in total. The summed E-state index contributed by atoms with van der Waals surface area (Å²) in [5, 5.41) is 24.0. The number of oxime groups is 1. The smallest absolute Gasteiger partial charge is 0.306 e. The standard InChI is InChI=1S/C25H39NO6/c1-2-3-4-5-6-7-8-9-13-16-23(28)32-25-21(19-30-22(17-27)24(25)29)26-31-18-20-14-11-10-12-15-20/h10-12,14-15,22,24-25,27,29H,2-9,13,16-19H2,1H3/t22-,24-,25-/m1/s1. The number of ether oxygens (including phenoxy) is 2. The third-order valence-electron chi connectivity index (χ3n) is 5.64. The number of nitrogens with zero attached hydrogens (tertiary/aromatic N) is 1. The van der Waals surface area contributed by atoms with Crippen LogP contribution in [0.5, 0.6) is 0 Å². The van der Waals surface area contributed by atoms with Gasteiger partial charge in [-0.1, -0.05) is 93.8 Å². The molecule has 1 aromatic rings. The SMILES string of the molecule is CCCCCCCCCCCC(=O)O[C@@H]1C(=NOCc2ccccc2)CO[C@H](CO)[C@H]1O. The monoisotopic (exact) mass is 449 g/mol. The molecule has 7 heteroatoms. The zero-order valence-corrected chi connectivity index (χ0v) is 19.3. The minimum absolute atomic E-state index is 0.0209. The van der Waals surface area contributed by atoms with Gasteiger partial charge in [-0.15, -0.1) is 0 Å². The number of unbranched alkanes of at least 4 members (excludes halogenated alkanes) is 8. The highest BCUT2D eigenvalue weighted by Crippen LogP contribution is 2.19. The van der Waals surface area contributed by atoms with Crippen molar-refractivity contribution in [2.45, 2.75) is 96.1 Å². The van der Waals surface area contributed by atoms with Crippen LogP contribution in [-0.2, 0) is 25.7 Å². The second kappa shape index (κ2) is 15.8. The average molecular weight is 450 g/mol. The number of rotatable bonds is 15. The van der Waals surface area contributed by atoms with Crippen molar-refractivity contribution in [3.63, 3.8) is 0 Å². The molecule has 1 aliphatic heterocycles. The van der Waals surface area contributed by atoms with Crippen molar-refractivity contribution in [3.05, 3.63) is 35.9 Å². The molecule has 2 rings (SSSR count). The van der Waals surface area contributed by atoms with Crippen LogP contribution in [0.25, 0.3) is 0 Å². The van der Waals surface area contributed by atoms with Crippen LogP contribution in [-0.4, -0.2) is 53.4 Å². The molecule has 1 fully saturated rings. The number of aliphatic hydroxyl groups excluding tert-OH is 2. The fourth-order valence-electron chi connectivity index (χ4n) is 3.69. The molecule has 32 heavy (non-hydrogen) atoms. The predicted molar refractivity (Wildman–Crippen MR) is 123 cm³/mol. The first-order valence-corrected chi connectivity index (χ1v) is 12.0. The van der Waals surface area contributed by atoms with Gasteiger partial charge in [0.05, 0.1) is 13.2 Å². The summed E-state index contributed by atoms with van der Waals surface area (Å²) in [6, 6.07) is 9.55. The van der Waals surface area contributed by atoms with Crippen LogP contribution >= 0.6 is 0 Å². The van der Waals surface area contributed by atoms with E-state index in [-0.39, 0.29) is 25.8 Å². The maximum Gasteiger partial charge on any atom is 0.306 e. The lowest BCUT2D eigenvalue weighted by atomic mass is 10.0. The van der Waals surface area contributed by atoms with E-state index in [1.54, 1.807) is 0 Å². The molecule has 1 aromatic carbocycles. The quantitative estimate of drug-likeness (QED) is 0.237. The molecule has 7 nitrogen and oxygen atoms in total. The number of carbonyl (C=O) groups excluding carboxylic acids is 1. The lowest BCUT2D eigenvalue weighted by Crippen LogP contribution is -2.53. The number of hydrogen-bond donors (Lipinski definition) is 2. The molecule has 1 aliphatic rings. The summed E-state index contributed by atoms with van der Waals surface area (Å²) in [5.74, 6) is -0.383. The van der Waals surface area contributed by atoms with Crippen LogP contribution in [0.15, 0.2) is 35.5 Å². The zero-order chi connectivity index (χ0) is 23.0. The highest BCUT2D eigenvalue weighted by atomic mass is 16.6. The first kappa shape index (κ1) is 26.3. The Morgan fingerprint density at radius 1 is 1.06 bits per heavy atom.